The van der Waals surface area contributed by atoms with Gasteiger partial charge < -0.3 is 18.9 Å². The highest BCUT2D eigenvalue weighted by atomic mass is 16.6. The minimum Gasteiger partial charge on any atom is -0.454 e. The molecule has 2 aliphatic heterocycles. The number of rotatable bonds is 4. The third-order valence-electron chi connectivity index (χ3n) is 5.24. The van der Waals surface area contributed by atoms with Crippen LogP contribution in [0.4, 0.5) is 0 Å². The zero-order chi connectivity index (χ0) is 24.7. The van der Waals surface area contributed by atoms with Crippen LogP contribution in [-0.4, -0.2) is 42.2 Å². The molecule has 0 saturated carbocycles. The lowest BCUT2D eigenvalue weighted by Crippen LogP contribution is -2.24. The number of benzene rings is 3. The van der Waals surface area contributed by atoms with Crippen LogP contribution < -0.4 is 9.47 Å². The first-order valence-corrected chi connectivity index (χ1v) is 10.1. The van der Waals surface area contributed by atoms with Crippen molar-refractivity contribution in [2.24, 2.45) is 0 Å². The summed E-state index contributed by atoms with van der Waals surface area (Å²) < 4.78 is 19.8. The molecule has 5 rings (SSSR count). The number of Topliss-reactive ketones (excluding diaryl/α,β-unsaturated/α-hetero) is 1. The van der Waals surface area contributed by atoms with Crippen LogP contribution in [0.15, 0.2) is 60.7 Å². The van der Waals surface area contributed by atoms with Gasteiger partial charge in [-0.05, 0) is 60.7 Å². The van der Waals surface area contributed by atoms with Crippen molar-refractivity contribution >= 4 is 35.6 Å². The maximum absolute atomic E-state index is 12.5. The number of hydrogen-bond acceptors (Lipinski definition) is 10. The van der Waals surface area contributed by atoms with Crippen molar-refractivity contribution in [3.8, 4) is 11.5 Å². The average molecular weight is 472 g/mol. The number of carbonyl (C=O) groups excluding carboxylic acids is 6. The van der Waals surface area contributed by atoms with E-state index in [1.165, 1.54) is 60.7 Å². The van der Waals surface area contributed by atoms with Crippen molar-refractivity contribution in [2.45, 2.75) is 0 Å². The maximum atomic E-state index is 12.5. The fourth-order valence-corrected chi connectivity index (χ4v) is 3.49. The van der Waals surface area contributed by atoms with Crippen LogP contribution in [0.1, 0.15) is 62.1 Å². The molecule has 0 saturated heterocycles. The molecule has 3 aromatic carbocycles. The number of carbonyl (C=O) groups is 6. The Morgan fingerprint density at radius 3 is 1.66 bits per heavy atom. The third kappa shape index (κ3) is 4.04. The quantitative estimate of drug-likeness (QED) is 0.316. The van der Waals surface area contributed by atoms with E-state index in [2.05, 4.69) is 4.74 Å². The van der Waals surface area contributed by atoms with E-state index >= 15 is 0 Å². The molecule has 10 heteroatoms. The van der Waals surface area contributed by atoms with Crippen molar-refractivity contribution in [3.05, 3.63) is 94.0 Å². The average Bonchev–Trinajstić information content (AvgIpc) is 3.15. The van der Waals surface area contributed by atoms with Crippen LogP contribution in [0.5, 0.6) is 11.5 Å². The first-order chi connectivity index (χ1) is 16.8. The van der Waals surface area contributed by atoms with Gasteiger partial charge in [-0.2, -0.15) is 0 Å². The summed E-state index contributed by atoms with van der Waals surface area (Å²) >= 11 is 0. The summed E-state index contributed by atoms with van der Waals surface area (Å²) in [5, 5.41) is 0. The Balaban J connectivity index is 1.26. The fraction of sp³-hybridized carbons (Fsp3) is 0.0400. The van der Waals surface area contributed by atoms with Crippen molar-refractivity contribution in [3.63, 3.8) is 0 Å². The van der Waals surface area contributed by atoms with E-state index in [1.54, 1.807) is 0 Å². The summed E-state index contributed by atoms with van der Waals surface area (Å²) in [7, 11) is 0. The largest absolute Gasteiger partial charge is 0.454 e. The molecule has 0 amide bonds. The summed E-state index contributed by atoms with van der Waals surface area (Å²) in [6, 6.07) is 13.3. The van der Waals surface area contributed by atoms with Gasteiger partial charge in [-0.25, -0.2) is 24.0 Å². The Bertz CT molecular complexity index is 1470. The Morgan fingerprint density at radius 2 is 1.09 bits per heavy atom. The van der Waals surface area contributed by atoms with Crippen LogP contribution in [0, 0.1) is 0 Å². The lowest BCUT2D eigenvalue weighted by atomic mass is 9.99. The predicted octanol–water partition coefficient (Wildman–Crippen LogP) is 2.79. The van der Waals surface area contributed by atoms with Crippen LogP contribution in [0.25, 0.3) is 0 Å². The van der Waals surface area contributed by atoms with E-state index in [0.717, 1.165) is 0 Å². The topological polar surface area (TPSA) is 139 Å². The first kappa shape index (κ1) is 21.7. The third-order valence-corrected chi connectivity index (χ3v) is 5.24. The summed E-state index contributed by atoms with van der Waals surface area (Å²) in [4.78, 5) is 71.8. The van der Waals surface area contributed by atoms with Gasteiger partial charge in [0.25, 0.3) is 0 Å². The molecule has 0 fully saturated rings. The Labute approximate surface area is 196 Å². The Kier molecular flexibility index (Phi) is 5.17. The van der Waals surface area contributed by atoms with Gasteiger partial charge >= 0.3 is 29.8 Å². The van der Waals surface area contributed by atoms with Crippen LogP contribution in [-0.2, 0) is 9.47 Å². The molecule has 0 spiro atoms. The van der Waals surface area contributed by atoms with Gasteiger partial charge in [0.1, 0.15) is 11.5 Å². The Hall–Kier alpha value is -5.12. The zero-order valence-corrected chi connectivity index (χ0v) is 17.6. The van der Waals surface area contributed by atoms with E-state index in [9.17, 15) is 28.8 Å². The fourth-order valence-electron chi connectivity index (χ4n) is 3.49. The van der Waals surface area contributed by atoms with Gasteiger partial charge in [0, 0.05) is 5.56 Å². The number of fused-ring (bicyclic) bond motifs is 2. The highest BCUT2D eigenvalue weighted by molar-refractivity contribution is 6.15. The number of cyclic esters (lactones) is 3. The second-order valence-corrected chi connectivity index (χ2v) is 7.45. The van der Waals surface area contributed by atoms with Gasteiger partial charge in [-0.3, -0.25) is 4.79 Å². The molecule has 0 bridgehead atoms. The number of hydrogen-bond donors (Lipinski definition) is 0. The SMILES string of the molecule is O=C(Oc1ccc(OC(=O)c2ccc3c(c2)C(=O)OC3=O)cc1)c1ccc2c(c1)C(=O)COC2=O. The van der Waals surface area contributed by atoms with Crippen molar-refractivity contribution < 1.29 is 47.7 Å². The lowest BCUT2D eigenvalue weighted by Gasteiger charge is -2.15. The second kappa shape index (κ2) is 8.34. The van der Waals surface area contributed by atoms with E-state index in [-0.39, 0.29) is 44.9 Å². The molecule has 172 valence electrons. The molecule has 0 aromatic heterocycles. The van der Waals surface area contributed by atoms with Crippen molar-refractivity contribution in [1.82, 2.24) is 0 Å². The second-order valence-electron chi connectivity index (χ2n) is 7.45. The van der Waals surface area contributed by atoms with Crippen LogP contribution >= 0.6 is 0 Å². The summed E-state index contributed by atoms with van der Waals surface area (Å²) in [5.41, 5.74) is 0.319. The predicted molar refractivity (Wildman–Crippen MR) is 114 cm³/mol. The summed E-state index contributed by atoms with van der Waals surface area (Å²) in [6.07, 6.45) is 0. The molecular weight excluding hydrogens is 460 g/mol. The maximum Gasteiger partial charge on any atom is 0.346 e. The van der Waals surface area contributed by atoms with Crippen molar-refractivity contribution in [2.75, 3.05) is 6.61 Å². The molecular formula is C25H12O10. The molecule has 3 aromatic rings. The lowest BCUT2D eigenvalue weighted by molar-refractivity contribution is 0.0436. The first-order valence-electron chi connectivity index (χ1n) is 10.1. The molecule has 0 radical (unpaired) electrons. The van der Waals surface area contributed by atoms with Crippen LogP contribution in [0.2, 0.25) is 0 Å². The summed E-state index contributed by atoms with van der Waals surface area (Å²) in [6.45, 7) is -0.391. The smallest absolute Gasteiger partial charge is 0.346 e. The molecule has 0 atom stereocenters. The standard InChI is InChI=1S/C25H12O10/c26-20-11-32-23(29)16-7-1-12(9-18(16)20)21(27)33-14-3-5-15(6-4-14)34-22(28)13-2-8-17-19(10-13)25(31)35-24(17)30/h1-10H,11H2. The zero-order valence-electron chi connectivity index (χ0n) is 17.6. The van der Waals surface area contributed by atoms with Gasteiger partial charge in [-0.15, -0.1) is 0 Å². The monoisotopic (exact) mass is 472 g/mol. The van der Waals surface area contributed by atoms with Gasteiger partial charge in [-0.1, -0.05) is 0 Å². The number of ether oxygens (including phenoxy) is 4. The molecule has 0 unspecified atom stereocenters. The van der Waals surface area contributed by atoms with Crippen molar-refractivity contribution in [1.29, 1.82) is 0 Å². The van der Waals surface area contributed by atoms with Gasteiger partial charge in [0.05, 0.1) is 27.8 Å². The van der Waals surface area contributed by atoms with Gasteiger partial charge in [0.15, 0.2) is 6.61 Å². The summed E-state index contributed by atoms with van der Waals surface area (Å²) in [5.74, 6) is -3.95. The molecule has 0 N–H and O–H groups in total. The van der Waals surface area contributed by atoms with Gasteiger partial charge in [0.2, 0.25) is 5.78 Å². The molecule has 2 heterocycles. The van der Waals surface area contributed by atoms with E-state index in [0.29, 0.717) is 0 Å². The molecule has 0 aliphatic carbocycles. The molecule has 35 heavy (non-hydrogen) atoms. The Morgan fingerprint density at radius 1 is 0.600 bits per heavy atom. The molecule has 10 nitrogen and oxygen atoms in total. The van der Waals surface area contributed by atoms with Crippen LogP contribution in [0.3, 0.4) is 0 Å². The number of ketones is 1. The minimum atomic E-state index is -0.839. The normalized spacial score (nSPS) is 13.9. The highest BCUT2D eigenvalue weighted by Crippen LogP contribution is 2.24. The van der Waals surface area contributed by atoms with E-state index < -0.39 is 42.2 Å². The highest BCUT2D eigenvalue weighted by Gasteiger charge is 2.30. The number of esters is 5. The van der Waals surface area contributed by atoms with E-state index in [1.807, 2.05) is 0 Å². The molecule has 2 aliphatic rings. The minimum absolute atomic E-state index is 0.0209. The van der Waals surface area contributed by atoms with E-state index in [4.69, 9.17) is 14.2 Å².